The van der Waals surface area contributed by atoms with Gasteiger partial charge in [0.05, 0.1) is 13.1 Å². The van der Waals surface area contributed by atoms with Gasteiger partial charge in [-0.2, -0.15) is 0 Å². The number of ether oxygens (including phenoxy) is 1. The molecule has 2 amide bonds. The predicted molar refractivity (Wildman–Crippen MR) is 68.0 cm³/mol. The Labute approximate surface area is 105 Å². The summed E-state index contributed by atoms with van der Waals surface area (Å²) in [5.74, 6) is 0.175. The lowest BCUT2D eigenvalue weighted by atomic mass is 10.3. The normalized spacial score (nSPS) is 9.61. The predicted octanol–water partition coefficient (Wildman–Crippen LogP) is -0.100. The second kappa shape index (κ2) is 7.16. The van der Waals surface area contributed by atoms with Crippen molar-refractivity contribution in [2.24, 2.45) is 0 Å². The minimum Gasteiger partial charge on any atom is -0.492 e. The Bertz CT molecular complexity index is 421. The van der Waals surface area contributed by atoms with Crippen molar-refractivity contribution in [2.75, 3.05) is 25.4 Å². The zero-order chi connectivity index (χ0) is 13.4. The molecule has 0 aliphatic heterocycles. The quantitative estimate of drug-likeness (QED) is 0.486. The third-order valence-corrected chi connectivity index (χ3v) is 2.05. The van der Waals surface area contributed by atoms with Crippen LogP contribution in [0.1, 0.15) is 6.92 Å². The molecule has 1 rings (SSSR count). The van der Waals surface area contributed by atoms with Crippen molar-refractivity contribution in [3.8, 4) is 5.75 Å². The average molecular weight is 251 g/mol. The molecule has 0 bridgehead atoms. The molecule has 0 unspecified atom stereocenters. The third kappa shape index (κ3) is 5.74. The van der Waals surface area contributed by atoms with Crippen molar-refractivity contribution < 1.29 is 14.3 Å². The van der Waals surface area contributed by atoms with E-state index in [4.69, 9.17) is 10.5 Å². The summed E-state index contributed by atoms with van der Waals surface area (Å²) in [5.41, 5.74) is 6.22. The van der Waals surface area contributed by atoms with Crippen LogP contribution in [0.15, 0.2) is 24.3 Å². The molecule has 6 heteroatoms. The summed E-state index contributed by atoms with van der Waals surface area (Å²) in [7, 11) is 0. The molecule has 0 fully saturated rings. The first-order chi connectivity index (χ1) is 8.58. The maximum Gasteiger partial charge on any atom is 0.239 e. The lowest BCUT2D eigenvalue weighted by molar-refractivity contribution is -0.125. The lowest BCUT2D eigenvalue weighted by Gasteiger charge is -2.08. The molecule has 0 aliphatic carbocycles. The Morgan fingerprint density at radius 1 is 1.33 bits per heavy atom. The van der Waals surface area contributed by atoms with E-state index in [1.165, 1.54) is 6.92 Å². The number of amides is 2. The minimum absolute atomic E-state index is 0.0202. The van der Waals surface area contributed by atoms with Gasteiger partial charge in [-0.05, 0) is 12.1 Å². The monoisotopic (exact) mass is 251 g/mol. The lowest BCUT2D eigenvalue weighted by Crippen LogP contribution is -2.37. The van der Waals surface area contributed by atoms with Crippen LogP contribution in [0.2, 0.25) is 0 Å². The summed E-state index contributed by atoms with van der Waals surface area (Å²) < 4.78 is 5.38. The number of nitrogens with one attached hydrogen (secondary N) is 2. The molecule has 6 nitrogen and oxygen atoms in total. The second-order valence-corrected chi connectivity index (χ2v) is 3.68. The van der Waals surface area contributed by atoms with Crippen LogP contribution in [-0.4, -0.2) is 31.5 Å². The Kier molecular flexibility index (Phi) is 5.50. The van der Waals surface area contributed by atoms with Crippen LogP contribution in [0, 0.1) is 0 Å². The maximum atomic E-state index is 11.2. The summed E-state index contributed by atoms with van der Waals surface area (Å²) in [4.78, 5) is 21.8. The van der Waals surface area contributed by atoms with Crippen LogP contribution in [0.25, 0.3) is 0 Å². The maximum absolute atomic E-state index is 11.2. The second-order valence-electron chi connectivity index (χ2n) is 3.68. The molecule has 18 heavy (non-hydrogen) atoms. The molecular formula is C12H17N3O3. The zero-order valence-corrected chi connectivity index (χ0v) is 10.2. The van der Waals surface area contributed by atoms with E-state index in [1.54, 1.807) is 24.3 Å². The van der Waals surface area contributed by atoms with Gasteiger partial charge in [-0.25, -0.2) is 0 Å². The average Bonchev–Trinajstić information content (AvgIpc) is 2.32. The Hall–Kier alpha value is -2.24. The molecular weight excluding hydrogens is 234 g/mol. The number of nitrogen functional groups attached to an aromatic ring is 1. The van der Waals surface area contributed by atoms with Gasteiger partial charge in [0.25, 0.3) is 0 Å². The molecule has 0 radical (unpaired) electrons. The SMILES string of the molecule is CC(=O)NCC(=O)NCCOc1cccc(N)c1. The van der Waals surface area contributed by atoms with Crippen LogP contribution in [0.5, 0.6) is 5.75 Å². The van der Waals surface area contributed by atoms with Gasteiger partial charge in [0.15, 0.2) is 0 Å². The molecule has 0 aromatic heterocycles. The standard InChI is InChI=1S/C12H17N3O3/c1-9(16)15-8-12(17)14-5-6-18-11-4-2-3-10(13)7-11/h2-4,7H,5-6,8,13H2,1H3,(H,14,17)(H,15,16). The molecule has 4 N–H and O–H groups in total. The summed E-state index contributed by atoms with van der Waals surface area (Å²) in [6.45, 7) is 2.05. The van der Waals surface area contributed by atoms with Crippen molar-refractivity contribution in [3.05, 3.63) is 24.3 Å². The molecule has 1 aromatic carbocycles. The van der Waals surface area contributed by atoms with Gasteiger partial charge in [-0.15, -0.1) is 0 Å². The third-order valence-electron chi connectivity index (χ3n) is 2.05. The highest BCUT2D eigenvalue weighted by Gasteiger charge is 2.01. The Balaban J connectivity index is 2.15. The smallest absolute Gasteiger partial charge is 0.239 e. The van der Waals surface area contributed by atoms with Crippen molar-refractivity contribution >= 4 is 17.5 Å². The van der Waals surface area contributed by atoms with Crippen molar-refractivity contribution in [2.45, 2.75) is 6.92 Å². The van der Waals surface area contributed by atoms with Crippen LogP contribution >= 0.6 is 0 Å². The first-order valence-electron chi connectivity index (χ1n) is 5.57. The fraction of sp³-hybridized carbons (Fsp3) is 0.333. The van der Waals surface area contributed by atoms with Crippen LogP contribution in [-0.2, 0) is 9.59 Å². The van der Waals surface area contributed by atoms with Gasteiger partial charge in [0.2, 0.25) is 11.8 Å². The fourth-order valence-corrected chi connectivity index (χ4v) is 1.23. The Morgan fingerprint density at radius 3 is 2.78 bits per heavy atom. The van der Waals surface area contributed by atoms with E-state index in [1.807, 2.05) is 0 Å². The van der Waals surface area contributed by atoms with E-state index in [-0.39, 0.29) is 18.4 Å². The van der Waals surface area contributed by atoms with E-state index < -0.39 is 0 Å². The van der Waals surface area contributed by atoms with Crippen LogP contribution in [0.3, 0.4) is 0 Å². The number of hydrogen-bond acceptors (Lipinski definition) is 4. The molecule has 0 saturated carbocycles. The minimum atomic E-state index is -0.249. The first-order valence-corrected chi connectivity index (χ1v) is 5.57. The highest BCUT2D eigenvalue weighted by atomic mass is 16.5. The van der Waals surface area contributed by atoms with Gasteiger partial charge in [-0.1, -0.05) is 6.07 Å². The highest BCUT2D eigenvalue weighted by Crippen LogP contribution is 2.13. The first kappa shape index (κ1) is 13.8. The van der Waals surface area contributed by atoms with Gasteiger partial charge in [-0.3, -0.25) is 9.59 Å². The summed E-state index contributed by atoms with van der Waals surface area (Å²) in [6.07, 6.45) is 0. The van der Waals surface area contributed by atoms with Crippen molar-refractivity contribution in [3.63, 3.8) is 0 Å². The summed E-state index contributed by atoms with van der Waals surface area (Å²) >= 11 is 0. The largest absolute Gasteiger partial charge is 0.492 e. The topological polar surface area (TPSA) is 93.5 Å². The van der Waals surface area contributed by atoms with Gasteiger partial charge < -0.3 is 21.1 Å². The molecule has 0 atom stereocenters. The van der Waals surface area contributed by atoms with E-state index in [0.29, 0.717) is 24.6 Å². The number of carbonyl (C=O) groups is 2. The summed E-state index contributed by atoms with van der Waals surface area (Å²) in [6, 6.07) is 7.05. The van der Waals surface area contributed by atoms with Crippen molar-refractivity contribution in [1.82, 2.24) is 10.6 Å². The molecule has 0 heterocycles. The number of hydrogen-bond donors (Lipinski definition) is 3. The zero-order valence-electron chi connectivity index (χ0n) is 10.2. The number of rotatable bonds is 6. The Morgan fingerprint density at radius 2 is 2.11 bits per heavy atom. The van der Waals surface area contributed by atoms with Gasteiger partial charge in [0.1, 0.15) is 12.4 Å². The van der Waals surface area contributed by atoms with Crippen LogP contribution < -0.4 is 21.1 Å². The molecule has 0 spiro atoms. The van der Waals surface area contributed by atoms with E-state index in [2.05, 4.69) is 10.6 Å². The number of nitrogens with two attached hydrogens (primary N) is 1. The molecule has 1 aromatic rings. The van der Waals surface area contributed by atoms with E-state index in [0.717, 1.165) is 0 Å². The summed E-state index contributed by atoms with van der Waals surface area (Å²) in [5, 5.41) is 5.02. The highest BCUT2D eigenvalue weighted by molar-refractivity contribution is 5.83. The van der Waals surface area contributed by atoms with Gasteiger partial charge in [0, 0.05) is 18.7 Å². The van der Waals surface area contributed by atoms with Crippen molar-refractivity contribution in [1.29, 1.82) is 0 Å². The number of benzene rings is 1. The fourth-order valence-electron chi connectivity index (χ4n) is 1.23. The number of carbonyl (C=O) groups excluding carboxylic acids is 2. The van der Waals surface area contributed by atoms with E-state index in [9.17, 15) is 9.59 Å². The van der Waals surface area contributed by atoms with Gasteiger partial charge >= 0.3 is 0 Å². The van der Waals surface area contributed by atoms with E-state index >= 15 is 0 Å². The molecule has 0 saturated heterocycles. The number of anilines is 1. The molecule has 0 aliphatic rings. The van der Waals surface area contributed by atoms with Crippen LogP contribution in [0.4, 0.5) is 5.69 Å². The molecule has 98 valence electrons.